The summed E-state index contributed by atoms with van der Waals surface area (Å²) in [5.41, 5.74) is 3.48. The molecule has 1 aromatic carbocycles. The molecule has 0 fully saturated rings. The highest BCUT2D eigenvalue weighted by atomic mass is 16.3. The van der Waals surface area contributed by atoms with Crippen molar-refractivity contribution in [3.05, 3.63) is 53.3 Å². The first-order valence-corrected chi connectivity index (χ1v) is 7.89. The van der Waals surface area contributed by atoms with Crippen LogP contribution in [0.25, 0.3) is 0 Å². The summed E-state index contributed by atoms with van der Waals surface area (Å²) in [6.45, 7) is 6.62. The van der Waals surface area contributed by atoms with Crippen molar-refractivity contribution in [1.29, 1.82) is 0 Å². The van der Waals surface area contributed by atoms with Crippen LogP contribution in [0.2, 0.25) is 0 Å². The first-order valence-electron chi connectivity index (χ1n) is 7.89. The van der Waals surface area contributed by atoms with Gasteiger partial charge in [0.05, 0.1) is 18.3 Å². The predicted octanol–water partition coefficient (Wildman–Crippen LogP) is 3.87. The van der Waals surface area contributed by atoms with E-state index in [0.717, 1.165) is 25.0 Å². The summed E-state index contributed by atoms with van der Waals surface area (Å²) in [5, 5.41) is 14.4. The van der Waals surface area contributed by atoms with E-state index in [1.165, 1.54) is 11.1 Å². The smallest absolute Gasteiger partial charge is 0.0631 e. The minimum absolute atomic E-state index is 0.121. The van der Waals surface area contributed by atoms with Crippen molar-refractivity contribution < 1.29 is 5.11 Å². The lowest BCUT2D eigenvalue weighted by molar-refractivity contribution is 0.263. The van der Waals surface area contributed by atoms with Crippen LogP contribution >= 0.6 is 0 Å². The van der Waals surface area contributed by atoms with E-state index in [1.54, 1.807) is 0 Å². The third-order valence-corrected chi connectivity index (χ3v) is 4.20. The highest BCUT2D eigenvalue weighted by Crippen LogP contribution is 2.21. The van der Waals surface area contributed by atoms with Crippen molar-refractivity contribution in [1.82, 2.24) is 9.78 Å². The van der Waals surface area contributed by atoms with E-state index < -0.39 is 0 Å². The third-order valence-electron chi connectivity index (χ3n) is 4.20. The van der Waals surface area contributed by atoms with Crippen LogP contribution in [0, 0.1) is 6.92 Å². The summed E-state index contributed by atoms with van der Waals surface area (Å²) in [6.07, 6.45) is 5.04. The average Bonchev–Trinajstić information content (AvgIpc) is 2.96. The van der Waals surface area contributed by atoms with Crippen LogP contribution in [0.3, 0.4) is 0 Å². The van der Waals surface area contributed by atoms with Crippen LogP contribution < -0.4 is 0 Å². The van der Waals surface area contributed by atoms with E-state index in [2.05, 4.69) is 67.1 Å². The second kappa shape index (κ2) is 7.41. The number of aryl methyl sites for hydroxylation is 1. The van der Waals surface area contributed by atoms with Gasteiger partial charge in [0.15, 0.2) is 0 Å². The molecule has 1 heterocycles. The summed E-state index contributed by atoms with van der Waals surface area (Å²) in [5.74, 6) is 0.121. The summed E-state index contributed by atoms with van der Waals surface area (Å²) in [6, 6.07) is 11.0. The Labute approximate surface area is 127 Å². The molecule has 1 unspecified atom stereocenters. The van der Waals surface area contributed by atoms with E-state index in [-0.39, 0.29) is 12.5 Å². The molecule has 0 spiro atoms. The highest BCUT2D eigenvalue weighted by Gasteiger charge is 2.14. The van der Waals surface area contributed by atoms with Gasteiger partial charge in [-0.15, -0.1) is 0 Å². The fourth-order valence-corrected chi connectivity index (χ4v) is 2.73. The number of aliphatic hydroxyl groups excluding tert-OH is 1. The normalized spacial score (nSPS) is 12.8. The molecule has 1 aromatic heterocycles. The quantitative estimate of drug-likeness (QED) is 0.839. The number of nitrogens with zero attached hydrogens (tertiary/aromatic N) is 2. The molecule has 0 saturated carbocycles. The van der Waals surface area contributed by atoms with Gasteiger partial charge in [-0.05, 0) is 31.4 Å². The lowest BCUT2D eigenvalue weighted by Gasteiger charge is -2.15. The van der Waals surface area contributed by atoms with E-state index in [4.69, 9.17) is 0 Å². The Morgan fingerprint density at radius 3 is 2.33 bits per heavy atom. The van der Waals surface area contributed by atoms with Crippen LogP contribution in [0.5, 0.6) is 0 Å². The Bertz CT molecular complexity index is 541. The minimum Gasteiger partial charge on any atom is -0.396 e. The summed E-state index contributed by atoms with van der Waals surface area (Å²) in [4.78, 5) is 0. The zero-order valence-corrected chi connectivity index (χ0v) is 13.3. The third kappa shape index (κ3) is 3.94. The maximum absolute atomic E-state index is 9.68. The first-order chi connectivity index (χ1) is 10.2. The van der Waals surface area contributed by atoms with Crippen molar-refractivity contribution in [2.45, 2.75) is 52.0 Å². The zero-order valence-electron chi connectivity index (χ0n) is 13.3. The highest BCUT2D eigenvalue weighted by molar-refractivity contribution is 5.25. The van der Waals surface area contributed by atoms with Crippen LogP contribution in [0.1, 0.15) is 55.5 Å². The van der Waals surface area contributed by atoms with Crippen molar-refractivity contribution in [2.24, 2.45) is 0 Å². The molecule has 3 nitrogen and oxygen atoms in total. The van der Waals surface area contributed by atoms with Gasteiger partial charge in [-0.3, -0.25) is 4.68 Å². The van der Waals surface area contributed by atoms with E-state index in [0.29, 0.717) is 6.04 Å². The molecule has 3 heteroatoms. The van der Waals surface area contributed by atoms with E-state index >= 15 is 0 Å². The van der Waals surface area contributed by atoms with Gasteiger partial charge in [-0.2, -0.15) is 5.10 Å². The standard InChI is InChI=1S/C18H26N2O/c1-4-18(5-2)20-11-10-17(19-20)12-16(13-21)15-8-6-14(3)7-9-15/h6-11,16,18,21H,4-5,12-13H2,1-3H3. The Hall–Kier alpha value is -1.61. The monoisotopic (exact) mass is 286 g/mol. The van der Waals surface area contributed by atoms with Crippen molar-refractivity contribution in [3.63, 3.8) is 0 Å². The largest absolute Gasteiger partial charge is 0.396 e. The van der Waals surface area contributed by atoms with Gasteiger partial charge in [0.25, 0.3) is 0 Å². The second-order valence-electron chi connectivity index (χ2n) is 5.75. The molecule has 0 bridgehead atoms. The molecule has 0 aliphatic heterocycles. The van der Waals surface area contributed by atoms with Crippen molar-refractivity contribution in [3.8, 4) is 0 Å². The molecular weight excluding hydrogens is 260 g/mol. The second-order valence-corrected chi connectivity index (χ2v) is 5.75. The van der Waals surface area contributed by atoms with Gasteiger partial charge in [-0.1, -0.05) is 43.7 Å². The van der Waals surface area contributed by atoms with Crippen LogP contribution in [-0.2, 0) is 6.42 Å². The van der Waals surface area contributed by atoms with Crippen molar-refractivity contribution >= 4 is 0 Å². The fourth-order valence-electron chi connectivity index (χ4n) is 2.73. The van der Waals surface area contributed by atoms with Gasteiger partial charge in [-0.25, -0.2) is 0 Å². The van der Waals surface area contributed by atoms with Crippen LogP contribution in [-0.4, -0.2) is 21.5 Å². The number of rotatable bonds is 7. The average molecular weight is 286 g/mol. The molecule has 0 amide bonds. The number of benzene rings is 1. The predicted molar refractivity (Wildman–Crippen MR) is 86.6 cm³/mol. The Balaban J connectivity index is 2.10. The van der Waals surface area contributed by atoms with Gasteiger partial charge >= 0.3 is 0 Å². The molecule has 2 rings (SSSR count). The summed E-state index contributed by atoms with van der Waals surface area (Å²) in [7, 11) is 0. The Kier molecular flexibility index (Phi) is 5.57. The molecule has 114 valence electrons. The minimum atomic E-state index is 0.121. The van der Waals surface area contributed by atoms with Gasteiger partial charge in [0.1, 0.15) is 0 Å². The molecule has 1 N–H and O–H groups in total. The lowest BCUT2D eigenvalue weighted by Crippen LogP contribution is -2.11. The first kappa shape index (κ1) is 15.8. The maximum Gasteiger partial charge on any atom is 0.0631 e. The van der Waals surface area contributed by atoms with Gasteiger partial charge < -0.3 is 5.11 Å². The number of aromatic nitrogens is 2. The van der Waals surface area contributed by atoms with E-state index in [9.17, 15) is 5.11 Å². The number of aliphatic hydroxyl groups is 1. The van der Waals surface area contributed by atoms with Crippen LogP contribution in [0.15, 0.2) is 36.5 Å². The number of hydrogen-bond donors (Lipinski definition) is 1. The Morgan fingerprint density at radius 2 is 1.76 bits per heavy atom. The molecule has 2 aromatic rings. The van der Waals surface area contributed by atoms with Crippen LogP contribution in [0.4, 0.5) is 0 Å². The SMILES string of the molecule is CCC(CC)n1ccc(CC(CO)c2ccc(C)cc2)n1. The molecule has 1 atom stereocenters. The Morgan fingerprint density at radius 1 is 1.10 bits per heavy atom. The molecule has 0 aliphatic carbocycles. The fraction of sp³-hybridized carbons (Fsp3) is 0.500. The number of hydrogen-bond acceptors (Lipinski definition) is 2. The molecule has 0 saturated heterocycles. The molecule has 0 aliphatic rings. The zero-order chi connectivity index (χ0) is 15.2. The van der Waals surface area contributed by atoms with Gasteiger partial charge in [0, 0.05) is 18.5 Å². The van der Waals surface area contributed by atoms with Crippen molar-refractivity contribution in [2.75, 3.05) is 6.61 Å². The molecule has 0 radical (unpaired) electrons. The summed E-state index contributed by atoms with van der Waals surface area (Å²) < 4.78 is 2.07. The maximum atomic E-state index is 9.68. The van der Waals surface area contributed by atoms with Gasteiger partial charge in [0.2, 0.25) is 0 Å². The lowest BCUT2D eigenvalue weighted by atomic mass is 9.94. The molecule has 21 heavy (non-hydrogen) atoms. The molecular formula is C18H26N2O. The summed E-state index contributed by atoms with van der Waals surface area (Å²) >= 11 is 0. The topological polar surface area (TPSA) is 38.0 Å². The van der Waals surface area contributed by atoms with E-state index in [1.807, 2.05) is 0 Å².